The summed E-state index contributed by atoms with van der Waals surface area (Å²) in [5.74, 6) is 0.233. The Kier molecular flexibility index (Phi) is 5.18. The van der Waals surface area contributed by atoms with E-state index in [0.29, 0.717) is 13.2 Å². The van der Waals surface area contributed by atoms with Gasteiger partial charge < -0.3 is 14.6 Å². The fourth-order valence-corrected chi connectivity index (χ4v) is 3.82. The van der Waals surface area contributed by atoms with Crippen LogP contribution in [0.3, 0.4) is 0 Å². The first-order chi connectivity index (χ1) is 11.2. The molecular formula is C18H25NO4. The van der Waals surface area contributed by atoms with Crippen molar-refractivity contribution in [1.82, 2.24) is 4.90 Å². The SMILES string of the molecule is CCOc1ccc(CN2CCC(C3CCCO3)C2C(=O)O)cc1. The summed E-state index contributed by atoms with van der Waals surface area (Å²) >= 11 is 0. The van der Waals surface area contributed by atoms with Gasteiger partial charge in [-0.15, -0.1) is 0 Å². The standard InChI is InChI=1S/C18H25NO4/c1-2-22-14-7-5-13(6-8-14)12-19-10-9-15(17(19)18(20)21)16-4-3-11-23-16/h5-8,15-17H,2-4,9-12H2,1H3,(H,20,21). The van der Waals surface area contributed by atoms with Crippen LogP contribution in [0, 0.1) is 5.92 Å². The van der Waals surface area contributed by atoms with Crippen LogP contribution < -0.4 is 4.74 Å². The highest BCUT2D eigenvalue weighted by molar-refractivity contribution is 5.74. The minimum atomic E-state index is -0.728. The summed E-state index contributed by atoms with van der Waals surface area (Å²) in [6.45, 7) is 4.85. The predicted octanol–water partition coefficient (Wildman–Crippen LogP) is 2.54. The monoisotopic (exact) mass is 319 g/mol. The summed E-state index contributed by atoms with van der Waals surface area (Å²) in [6, 6.07) is 7.49. The summed E-state index contributed by atoms with van der Waals surface area (Å²) < 4.78 is 11.2. The highest BCUT2D eigenvalue weighted by Crippen LogP contribution is 2.34. The van der Waals surface area contributed by atoms with Gasteiger partial charge >= 0.3 is 5.97 Å². The van der Waals surface area contributed by atoms with E-state index in [2.05, 4.69) is 4.90 Å². The van der Waals surface area contributed by atoms with E-state index >= 15 is 0 Å². The van der Waals surface area contributed by atoms with Crippen molar-refractivity contribution in [1.29, 1.82) is 0 Å². The van der Waals surface area contributed by atoms with Crippen LogP contribution in [0.15, 0.2) is 24.3 Å². The average Bonchev–Trinajstić information content (AvgIpc) is 3.18. The minimum Gasteiger partial charge on any atom is -0.494 e. The number of carboxylic acids is 1. The first kappa shape index (κ1) is 16.3. The van der Waals surface area contributed by atoms with Crippen molar-refractivity contribution in [3.05, 3.63) is 29.8 Å². The number of carboxylic acid groups (broad SMARTS) is 1. The van der Waals surface area contributed by atoms with Gasteiger partial charge in [0.2, 0.25) is 0 Å². The van der Waals surface area contributed by atoms with Crippen molar-refractivity contribution in [2.75, 3.05) is 19.8 Å². The Bertz CT molecular complexity index is 524. The first-order valence-electron chi connectivity index (χ1n) is 8.49. The van der Waals surface area contributed by atoms with E-state index in [1.807, 2.05) is 31.2 Å². The van der Waals surface area contributed by atoms with Crippen LogP contribution in [0.25, 0.3) is 0 Å². The molecule has 0 radical (unpaired) electrons. The zero-order chi connectivity index (χ0) is 16.2. The van der Waals surface area contributed by atoms with E-state index in [1.54, 1.807) is 0 Å². The van der Waals surface area contributed by atoms with Gasteiger partial charge in [0.05, 0.1) is 12.7 Å². The lowest BCUT2D eigenvalue weighted by Gasteiger charge is -2.27. The van der Waals surface area contributed by atoms with Crippen LogP contribution in [-0.4, -0.2) is 47.9 Å². The van der Waals surface area contributed by atoms with Crippen molar-refractivity contribution >= 4 is 5.97 Å². The van der Waals surface area contributed by atoms with E-state index in [1.165, 1.54) is 0 Å². The van der Waals surface area contributed by atoms with E-state index in [-0.39, 0.29) is 12.0 Å². The predicted molar refractivity (Wildman–Crippen MR) is 86.5 cm³/mol. The number of aliphatic carboxylic acids is 1. The fraction of sp³-hybridized carbons (Fsp3) is 0.611. The second kappa shape index (κ2) is 7.32. The second-order valence-electron chi connectivity index (χ2n) is 6.33. The van der Waals surface area contributed by atoms with Gasteiger partial charge in [-0.1, -0.05) is 12.1 Å². The Hall–Kier alpha value is -1.59. The van der Waals surface area contributed by atoms with Crippen LogP contribution in [0.5, 0.6) is 5.75 Å². The molecule has 2 aliphatic heterocycles. The highest BCUT2D eigenvalue weighted by atomic mass is 16.5. The minimum absolute atomic E-state index is 0.109. The summed E-state index contributed by atoms with van der Waals surface area (Å²) in [7, 11) is 0. The third-order valence-corrected chi connectivity index (χ3v) is 4.86. The Labute approximate surface area is 137 Å². The van der Waals surface area contributed by atoms with E-state index in [4.69, 9.17) is 9.47 Å². The molecule has 3 rings (SSSR count). The molecule has 3 atom stereocenters. The molecule has 2 fully saturated rings. The molecule has 0 amide bonds. The topological polar surface area (TPSA) is 59.0 Å². The lowest BCUT2D eigenvalue weighted by molar-refractivity contribution is -0.145. The highest BCUT2D eigenvalue weighted by Gasteiger charge is 2.44. The quantitative estimate of drug-likeness (QED) is 0.873. The average molecular weight is 319 g/mol. The molecule has 126 valence electrons. The number of rotatable bonds is 6. The Morgan fingerprint density at radius 1 is 1.35 bits per heavy atom. The molecule has 5 heteroatoms. The Morgan fingerprint density at radius 2 is 2.13 bits per heavy atom. The largest absolute Gasteiger partial charge is 0.494 e. The number of nitrogens with zero attached hydrogens (tertiary/aromatic N) is 1. The van der Waals surface area contributed by atoms with Gasteiger partial charge in [-0.3, -0.25) is 9.69 Å². The molecule has 2 heterocycles. The second-order valence-corrected chi connectivity index (χ2v) is 6.33. The molecule has 2 saturated heterocycles. The molecule has 5 nitrogen and oxygen atoms in total. The zero-order valence-corrected chi connectivity index (χ0v) is 13.6. The molecule has 0 aromatic heterocycles. The smallest absolute Gasteiger partial charge is 0.321 e. The third kappa shape index (κ3) is 3.67. The maximum Gasteiger partial charge on any atom is 0.321 e. The lowest BCUT2D eigenvalue weighted by atomic mass is 9.92. The molecule has 1 aromatic rings. The van der Waals surface area contributed by atoms with Gasteiger partial charge in [0, 0.05) is 19.1 Å². The van der Waals surface area contributed by atoms with E-state index in [9.17, 15) is 9.90 Å². The summed E-state index contributed by atoms with van der Waals surface area (Å²) in [5.41, 5.74) is 1.12. The maximum atomic E-state index is 11.8. The molecule has 23 heavy (non-hydrogen) atoms. The van der Waals surface area contributed by atoms with Gasteiger partial charge in [-0.05, 0) is 50.4 Å². The lowest BCUT2D eigenvalue weighted by Crippen LogP contribution is -2.42. The third-order valence-electron chi connectivity index (χ3n) is 4.86. The molecule has 0 saturated carbocycles. The summed E-state index contributed by atoms with van der Waals surface area (Å²) in [6.07, 6.45) is 3.05. The molecule has 1 N–H and O–H groups in total. The van der Waals surface area contributed by atoms with E-state index in [0.717, 1.165) is 43.7 Å². The molecule has 0 aliphatic carbocycles. The number of ether oxygens (including phenoxy) is 2. The van der Waals surface area contributed by atoms with Gasteiger partial charge in [-0.25, -0.2) is 0 Å². The number of hydrogen-bond donors (Lipinski definition) is 1. The van der Waals surface area contributed by atoms with Crippen LogP contribution in [0.4, 0.5) is 0 Å². The van der Waals surface area contributed by atoms with Crippen LogP contribution in [-0.2, 0) is 16.1 Å². The van der Waals surface area contributed by atoms with Crippen molar-refractivity contribution in [3.8, 4) is 5.75 Å². The fourth-order valence-electron chi connectivity index (χ4n) is 3.82. The number of hydrogen-bond acceptors (Lipinski definition) is 4. The summed E-state index contributed by atoms with van der Waals surface area (Å²) in [4.78, 5) is 13.9. The first-order valence-corrected chi connectivity index (χ1v) is 8.49. The normalized spacial score (nSPS) is 28.1. The number of likely N-dealkylation sites (tertiary alicyclic amines) is 1. The van der Waals surface area contributed by atoms with Crippen LogP contribution >= 0.6 is 0 Å². The maximum absolute atomic E-state index is 11.8. The number of carbonyl (C=O) groups is 1. The van der Waals surface area contributed by atoms with Crippen molar-refractivity contribution in [2.24, 2.45) is 5.92 Å². The molecule has 1 aromatic carbocycles. The zero-order valence-electron chi connectivity index (χ0n) is 13.6. The van der Waals surface area contributed by atoms with Gasteiger partial charge in [0.25, 0.3) is 0 Å². The van der Waals surface area contributed by atoms with Gasteiger partial charge in [-0.2, -0.15) is 0 Å². The van der Waals surface area contributed by atoms with Crippen LogP contribution in [0.1, 0.15) is 31.7 Å². The molecular weight excluding hydrogens is 294 g/mol. The van der Waals surface area contributed by atoms with Gasteiger partial charge in [0.15, 0.2) is 0 Å². The van der Waals surface area contributed by atoms with Crippen molar-refractivity contribution in [3.63, 3.8) is 0 Å². The number of benzene rings is 1. The molecule has 0 bridgehead atoms. The van der Waals surface area contributed by atoms with Crippen LogP contribution in [0.2, 0.25) is 0 Å². The van der Waals surface area contributed by atoms with E-state index < -0.39 is 12.0 Å². The Morgan fingerprint density at radius 3 is 2.74 bits per heavy atom. The molecule has 2 aliphatic rings. The summed E-state index contributed by atoms with van der Waals surface area (Å²) in [5, 5.41) is 9.69. The Balaban J connectivity index is 1.67. The van der Waals surface area contributed by atoms with Gasteiger partial charge in [0.1, 0.15) is 11.8 Å². The molecule has 3 unspecified atom stereocenters. The van der Waals surface area contributed by atoms with Crippen molar-refractivity contribution < 1.29 is 19.4 Å². The van der Waals surface area contributed by atoms with Crippen molar-refractivity contribution in [2.45, 2.75) is 44.9 Å². The molecule has 0 spiro atoms.